The molecule has 17 rings (SSSR count). The van der Waals surface area contributed by atoms with Crippen molar-refractivity contribution >= 4 is 130 Å². The molecule has 9 nitrogen and oxygen atoms in total. The molecule has 3 heterocycles. The number of rotatable bonds is 10. The lowest BCUT2D eigenvalue weighted by atomic mass is 9.86. The van der Waals surface area contributed by atoms with Crippen molar-refractivity contribution in [3.05, 3.63) is 206 Å². The highest BCUT2D eigenvalue weighted by molar-refractivity contribution is 6.38. The van der Waals surface area contributed by atoms with Crippen LogP contribution in [0.2, 0.25) is 0 Å². The van der Waals surface area contributed by atoms with Gasteiger partial charge >= 0.3 is 0 Å². The second-order valence-corrected chi connectivity index (χ2v) is 22.0. The molecule has 0 saturated heterocycles. The van der Waals surface area contributed by atoms with Gasteiger partial charge in [-0.15, -0.1) is 0 Å². The van der Waals surface area contributed by atoms with Gasteiger partial charge in [-0.05, 0) is 75.8 Å². The molecular formula is C78H52O9. The molecule has 0 aliphatic carbocycles. The zero-order valence-electron chi connectivity index (χ0n) is 48.3. The summed E-state index contributed by atoms with van der Waals surface area (Å²) in [6.45, 7) is 0. The van der Waals surface area contributed by atoms with Crippen LogP contribution in [-0.2, 0) is 0 Å². The van der Waals surface area contributed by atoms with Crippen LogP contribution >= 0.6 is 0 Å². The molecule has 418 valence electrons. The van der Waals surface area contributed by atoms with Crippen LogP contribution in [0.5, 0.6) is 34.5 Å². The summed E-state index contributed by atoms with van der Waals surface area (Å²) in [5.41, 5.74) is 10.5. The van der Waals surface area contributed by atoms with Gasteiger partial charge in [0.25, 0.3) is 0 Å². The Morgan fingerprint density at radius 1 is 0.184 bits per heavy atom. The zero-order chi connectivity index (χ0) is 58.3. The number of fused-ring (bicyclic) bond motifs is 21. The minimum atomic E-state index is 0.517. The number of methoxy groups -OCH3 is 6. The van der Waals surface area contributed by atoms with E-state index in [1.165, 1.54) is 0 Å². The monoisotopic (exact) mass is 1130 g/mol. The zero-order valence-corrected chi connectivity index (χ0v) is 48.3. The first-order valence-electron chi connectivity index (χ1n) is 28.9. The summed E-state index contributed by atoms with van der Waals surface area (Å²) in [6, 6.07) is 71.5. The maximum atomic E-state index is 7.54. The standard InChI is InChI=1S/C78H52O9/c1-79-67-55(41-25-9-7-10-26-41)43-29-13-15-31-45(43)61-63-51-37-21-17-33-47(51)57(69(81-3)75(63)85-73(61)67)59-49-35-19-23-39-53(49)65-66-54-40-24-20-36-50(54)60(72(84-6)78(66)87-77(65)71(59)83-5)58-48-34-18-22-38-52(48)64-62-46-32-16-14-30-44(46)56(42-27-11-8-12-28-42)68(80-2)74(62)86-76(64)70(58)82-4/h7-40H,1-6H3. The molecule has 14 aromatic carbocycles. The number of hydrogen-bond donors (Lipinski definition) is 0. The lowest BCUT2D eigenvalue weighted by molar-refractivity contribution is 0.402. The van der Waals surface area contributed by atoms with Gasteiger partial charge < -0.3 is 41.7 Å². The molecule has 0 spiro atoms. The van der Waals surface area contributed by atoms with Crippen LogP contribution in [0.25, 0.3) is 175 Å². The van der Waals surface area contributed by atoms with Gasteiger partial charge in [0.15, 0.2) is 68.0 Å². The van der Waals surface area contributed by atoms with Gasteiger partial charge in [-0.25, -0.2) is 0 Å². The summed E-state index contributed by atoms with van der Waals surface area (Å²) in [5.74, 6) is 3.39. The Balaban J connectivity index is 0.995. The summed E-state index contributed by atoms with van der Waals surface area (Å²) in [5, 5.41) is 17.2. The maximum Gasteiger partial charge on any atom is 0.178 e. The van der Waals surface area contributed by atoms with Crippen molar-refractivity contribution in [2.24, 2.45) is 0 Å². The van der Waals surface area contributed by atoms with Gasteiger partial charge in [-0.1, -0.05) is 206 Å². The third kappa shape index (κ3) is 6.73. The van der Waals surface area contributed by atoms with Crippen LogP contribution in [0.15, 0.2) is 220 Å². The van der Waals surface area contributed by atoms with Crippen LogP contribution in [0, 0.1) is 0 Å². The van der Waals surface area contributed by atoms with Gasteiger partial charge in [0.2, 0.25) is 0 Å². The number of benzene rings is 14. The molecule has 0 atom stereocenters. The molecule has 0 bridgehead atoms. The first-order chi connectivity index (χ1) is 43.0. The largest absolute Gasteiger partial charge is 0.492 e. The van der Waals surface area contributed by atoms with Crippen molar-refractivity contribution in [1.82, 2.24) is 0 Å². The van der Waals surface area contributed by atoms with E-state index in [0.717, 1.165) is 141 Å². The Labute approximate surface area is 497 Å². The van der Waals surface area contributed by atoms with Gasteiger partial charge in [0, 0.05) is 65.7 Å². The summed E-state index contributed by atoms with van der Waals surface area (Å²) >= 11 is 0. The molecule has 3 aromatic heterocycles. The second kappa shape index (κ2) is 19.2. The fourth-order valence-corrected chi connectivity index (χ4v) is 14.7. The number of ether oxygens (including phenoxy) is 6. The van der Waals surface area contributed by atoms with Crippen molar-refractivity contribution in [2.75, 3.05) is 42.7 Å². The van der Waals surface area contributed by atoms with E-state index in [1.54, 1.807) is 42.7 Å². The molecule has 0 N–H and O–H groups in total. The smallest absolute Gasteiger partial charge is 0.178 e. The summed E-state index contributed by atoms with van der Waals surface area (Å²) < 4.78 is 62.0. The molecule has 0 unspecified atom stereocenters. The van der Waals surface area contributed by atoms with Gasteiger partial charge in [0.1, 0.15) is 0 Å². The lowest BCUT2D eigenvalue weighted by Crippen LogP contribution is -1.97. The average Bonchev–Trinajstić information content (AvgIpc) is 1.63. The third-order valence-electron chi connectivity index (χ3n) is 18.0. The molecule has 0 saturated carbocycles. The predicted molar refractivity (Wildman–Crippen MR) is 354 cm³/mol. The Bertz CT molecular complexity index is 5420. The minimum absolute atomic E-state index is 0.517. The molecule has 0 amide bonds. The van der Waals surface area contributed by atoms with Gasteiger partial charge in [-0.3, -0.25) is 0 Å². The quantitative estimate of drug-likeness (QED) is 0.133. The van der Waals surface area contributed by atoms with Crippen LogP contribution in [-0.4, -0.2) is 42.7 Å². The van der Waals surface area contributed by atoms with Crippen molar-refractivity contribution in [3.8, 4) is 79.0 Å². The minimum Gasteiger partial charge on any atom is -0.492 e. The predicted octanol–water partition coefficient (Wildman–Crippen LogP) is 21.0. The lowest BCUT2D eigenvalue weighted by Gasteiger charge is -2.19. The van der Waals surface area contributed by atoms with Crippen molar-refractivity contribution in [1.29, 1.82) is 0 Å². The Morgan fingerprint density at radius 3 is 0.540 bits per heavy atom. The first kappa shape index (κ1) is 50.4. The van der Waals surface area contributed by atoms with E-state index in [1.807, 2.05) is 36.4 Å². The second-order valence-electron chi connectivity index (χ2n) is 22.0. The molecule has 0 radical (unpaired) electrons. The first-order valence-corrected chi connectivity index (χ1v) is 28.9. The fraction of sp³-hybridized carbons (Fsp3) is 0.0769. The maximum absolute atomic E-state index is 7.54. The van der Waals surface area contributed by atoms with E-state index >= 15 is 0 Å². The highest BCUT2D eigenvalue weighted by Gasteiger charge is 2.35. The number of furan rings is 3. The topological polar surface area (TPSA) is 94.8 Å². The highest BCUT2D eigenvalue weighted by atomic mass is 16.5. The Kier molecular flexibility index (Phi) is 11.1. The molecule has 0 fully saturated rings. The molecule has 17 aromatic rings. The third-order valence-corrected chi connectivity index (χ3v) is 18.0. The number of hydrogen-bond acceptors (Lipinski definition) is 9. The normalized spacial score (nSPS) is 12.0. The average molecular weight is 1130 g/mol. The van der Waals surface area contributed by atoms with Crippen molar-refractivity contribution in [2.45, 2.75) is 0 Å². The summed E-state index contributed by atoms with van der Waals surface area (Å²) in [6.07, 6.45) is 0. The molecular weight excluding hydrogens is 1080 g/mol. The van der Waals surface area contributed by atoms with Gasteiger partial charge in [0.05, 0.1) is 42.7 Å². The fourth-order valence-electron chi connectivity index (χ4n) is 14.7. The molecule has 9 heteroatoms. The van der Waals surface area contributed by atoms with Crippen molar-refractivity contribution in [3.63, 3.8) is 0 Å². The van der Waals surface area contributed by atoms with E-state index in [2.05, 4.69) is 170 Å². The van der Waals surface area contributed by atoms with Crippen molar-refractivity contribution < 1.29 is 41.7 Å². The summed E-state index contributed by atoms with van der Waals surface area (Å²) in [7, 11) is 10.3. The van der Waals surface area contributed by atoms with E-state index < -0.39 is 0 Å². The van der Waals surface area contributed by atoms with Crippen LogP contribution < -0.4 is 28.4 Å². The summed E-state index contributed by atoms with van der Waals surface area (Å²) in [4.78, 5) is 0. The van der Waals surface area contributed by atoms with E-state index in [-0.39, 0.29) is 0 Å². The molecule has 0 aliphatic rings. The molecule has 87 heavy (non-hydrogen) atoms. The van der Waals surface area contributed by atoms with Crippen LogP contribution in [0.1, 0.15) is 0 Å². The highest BCUT2D eigenvalue weighted by Crippen LogP contribution is 2.61. The van der Waals surface area contributed by atoms with E-state index in [0.29, 0.717) is 68.0 Å². The van der Waals surface area contributed by atoms with Crippen LogP contribution in [0.4, 0.5) is 0 Å². The Morgan fingerprint density at radius 2 is 0.345 bits per heavy atom. The SMILES string of the molecule is COc1c(-c2ccccc2)c2ccccc2c2c1oc1c(OC)c(-c3c(OC)c4oc5c(OC)c(-c6c(OC)c7oc8c(OC)c(-c9ccccc9)c9ccccc9c8c7c7ccccc67)c6ccccc6c5c4c4ccccc34)c3ccccc3c12. The van der Waals surface area contributed by atoms with E-state index in [9.17, 15) is 0 Å². The Hall–Kier alpha value is -11.2. The van der Waals surface area contributed by atoms with Crippen LogP contribution in [0.3, 0.4) is 0 Å². The van der Waals surface area contributed by atoms with Gasteiger partial charge in [-0.2, -0.15) is 0 Å². The van der Waals surface area contributed by atoms with E-state index in [4.69, 9.17) is 41.7 Å². The molecule has 0 aliphatic heterocycles.